The highest BCUT2D eigenvalue weighted by molar-refractivity contribution is 5.61. The lowest BCUT2D eigenvalue weighted by Crippen LogP contribution is -2.17. The molecule has 0 aromatic carbocycles. The molecule has 0 bridgehead atoms. The van der Waals surface area contributed by atoms with E-state index >= 15 is 0 Å². The van der Waals surface area contributed by atoms with Crippen LogP contribution in [0.3, 0.4) is 0 Å². The first kappa shape index (κ1) is 8.77. The first-order valence-electron chi connectivity index (χ1n) is 3.79. The summed E-state index contributed by atoms with van der Waals surface area (Å²) < 4.78 is 0. The third kappa shape index (κ3) is 1.47. The SMILES string of the molecule is CC(C)(C)c1ncnc(N)c1N. The van der Waals surface area contributed by atoms with Gasteiger partial charge in [0.15, 0.2) is 0 Å². The zero-order chi connectivity index (χ0) is 9.35. The largest absolute Gasteiger partial charge is 0.394 e. The second-order valence-corrected chi connectivity index (χ2v) is 3.77. The molecule has 4 nitrogen and oxygen atoms in total. The molecule has 0 spiro atoms. The van der Waals surface area contributed by atoms with E-state index in [4.69, 9.17) is 11.5 Å². The summed E-state index contributed by atoms with van der Waals surface area (Å²) in [6.07, 6.45) is 1.44. The third-order valence-electron chi connectivity index (χ3n) is 1.63. The first-order chi connectivity index (χ1) is 5.43. The first-order valence-corrected chi connectivity index (χ1v) is 3.79. The van der Waals surface area contributed by atoms with Crippen molar-refractivity contribution in [3.63, 3.8) is 0 Å². The Balaban J connectivity index is 3.26. The molecule has 0 saturated heterocycles. The van der Waals surface area contributed by atoms with E-state index < -0.39 is 0 Å². The molecule has 0 aliphatic rings. The molecule has 4 heteroatoms. The van der Waals surface area contributed by atoms with Crippen LogP contribution in [0.2, 0.25) is 0 Å². The van der Waals surface area contributed by atoms with Crippen molar-refractivity contribution in [2.24, 2.45) is 0 Å². The molecule has 0 atom stereocenters. The molecule has 0 amide bonds. The Labute approximate surface area is 72.0 Å². The number of anilines is 2. The van der Waals surface area contributed by atoms with E-state index in [0.29, 0.717) is 11.5 Å². The summed E-state index contributed by atoms with van der Waals surface area (Å²) in [5.74, 6) is 0.356. The topological polar surface area (TPSA) is 77.8 Å². The Bertz CT molecular complexity index is 288. The summed E-state index contributed by atoms with van der Waals surface area (Å²) in [5, 5.41) is 0. The van der Waals surface area contributed by atoms with Crippen LogP contribution in [0, 0.1) is 0 Å². The van der Waals surface area contributed by atoms with E-state index in [1.54, 1.807) is 0 Å². The molecular weight excluding hydrogens is 152 g/mol. The van der Waals surface area contributed by atoms with Crippen LogP contribution in [0.5, 0.6) is 0 Å². The number of nitrogens with zero attached hydrogens (tertiary/aromatic N) is 2. The second-order valence-electron chi connectivity index (χ2n) is 3.77. The van der Waals surface area contributed by atoms with Crippen molar-refractivity contribution >= 4 is 11.5 Å². The number of aromatic nitrogens is 2. The van der Waals surface area contributed by atoms with Crippen molar-refractivity contribution < 1.29 is 0 Å². The van der Waals surface area contributed by atoms with Gasteiger partial charge in [0.25, 0.3) is 0 Å². The fourth-order valence-corrected chi connectivity index (χ4v) is 1.01. The van der Waals surface area contributed by atoms with Gasteiger partial charge in [-0.1, -0.05) is 20.8 Å². The van der Waals surface area contributed by atoms with Gasteiger partial charge in [-0.15, -0.1) is 0 Å². The van der Waals surface area contributed by atoms with Crippen LogP contribution in [0.1, 0.15) is 26.5 Å². The number of nitrogen functional groups attached to an aromatic ring is 2. The minimum Gasteiger partial charge on any atom is -0.394 e. The lowest BCUT2D eigenvalue weighted by molar-refractivity contribution is 0.570. The van der Waals surface area contributed by atoms with Crippen molar-refractivity contribution in [2.45, 2.75) is 26.2 Å². The molecule has 1 rings (SSSR count). The summed E-state index contributed by atoms with van der Waals surface area (Å²) >= 11 is 0. The zero-order valence-corrected chi connectivity index (χ0v) is 7.63. The number of hydrogen-bond acceptors (Lipinski definition) is 4. The highest BCUT2D eigenvalue weighted by atomic mass is 15.0. The molecule has 0 aliphatic heterocycles. The van der Waals surface area contributed by atoms with Crippen LogP contribution in [-0.4, -0.2) is 9.97 Å². The zero-order valence-electron chi connectivity index (χ0n) is 7.63. The van der Waals surface area contributed by atoms with Crippen molar-refractivity contribution in [3.05, 3.63) is 12.0 Å². The van der Waals surface area contributed by atoms with E-state index in [-0.39, 0.29) is 5.41 Å². The van der Waals surface area contributed by atoms with Crippen molar-refractivity contribution in [2.75, 3.05) is 11.5 Å². The predicted molar refractivity (Wildman–Crippen MR) is 49.6 cm³/mol. The van der Waals surface area contributed by atoms with E-state index in [9.17, 15) is 0 Å². The van der Waals surface area contributed by atoms with Crippen LogP contribution >= 0.6 is 0 Å². The van der Waals surface area contributed by atoms with Gasteiger partial charge in [0.2, 0.25) is 0 Å². The van der Waals surface area contributed by atoms with Gasteiger partial charge in [0.05, 0.1) is 11.4 Å². The number of nitrogens with two attached hydrogens (primary N) is 2. The summed E-state index contributed by atoms with van der Waals surface area (Å²) in [5.41, 5.74) is 12.5. The lowest BCUT2D eigenvalue weighted by Gasteiger charge is -2.19. The maximum absolute atomic E-state index is 5.72. The predicted octanol–water partition coefficient (Wildman–Crippen LogP) is 0.939. The van der Waals surface area contributed by atoms with E-state index in [1.807, 2.05) is 20.8 Å². The summed E-state index contributed by atoms with van der Waals surface area (Å²) in [7, 11) is 0. The third-order valence-corrected chi connectivity index (χ3v) is 1.63. The minimum atomic E-state index is -0.0822. The molecule has 12 heavy (non-hydrogen) atoms. The van der Waals surface area contributed by atoms with E-state index in [2.05, 4.69) is 9.97 Å². The van der Waals surface area contributed by atoms with Crippen molar-refractivity contribution in [3.8, 4) is 0 Å². The van der Waals surface area contributed by atoms with Gasteiger partial charge < -0.3 is 11.5 Å². The average molecular weight is 166 g/mol. The van der Waals surface area contributed by atoms with Gasteiger partial charge >= 0.3 is 0 Å². The number of rotatable bonds is 0. The Hall–Kier alpha value is -1.32. The van der Waals surface area contributed by atoms with Crippen LogP contribution in [-0.2, 0) is 5.41 Å². The molecule has 1 heterocycles. The molecule has 0 aliphatic carbocycles. The van der Waals surface area contributed by atoms with Gasteiger partial charge in [-0.3, -0.25) is 0 Å². The Morgan fingerprint density at radius 2 is 1.75 bits per heavy atom. The summed E-state index contributed by atoms with van der Waals surface area (Å²) in [6.45, 7) is 6.10. The van der Waals surface area contributed by atoms with Gasteiger partial charge in [-0.25, -0.2) is 9.97 Å². The van der Waals surface area contributed by atoms with Crippen molar-refractivity contribution in [1.29, 1.82) is 0 Å². The van der Waals surface area contributed by atoms with Crippen LogP contribution in [0.15, 0.2) is 6.33 Å². The van der Waals surface area contributed by atoms with E-state index in [0.717, 1.165) is 5.69 Å². The molecular formula is C8H14N4. The Morgan fingerprint density at radius 1 is 1.17 bits per heavy atom. The quantitative estimate of drug-likeness (QED) is 0.601. The Kier molecular flexibility index (Phi) is 1.92. The minimum absolute atomic E-state index is 0.0822. The van der Waals surface area contributed by atoms with Gasteiger partial charge in [0.1, 0.15) is 12.1 Å². The Morgan fingerprint density at radius 3 is 2.17 bits per heavy atom. The monoisotopic (exact) mass is 166 g/mol. The van der Waals surface area contributed by atoms with Crippen molar-refractivity contribution in [1.82, 2.24) is 9.97 Å². The average Bonchev–Trinajstić information content (AvgIpc) is 1.92. The van der Waals surface area contributed by atoms with Gasteiger partial charge in [-0.05, 0) is 0 Å². The smallest absolute Gasteiger partial charge is 0.150 e. The van der Waals surface area contributed by atoms with Crippen LogP contribution in [0.25, 0.3) is 0 Å². The summed E-state index contributed by atoms with van der Waals surface area (Å²) in [6, 6.07) is 0. The maximum atomic E-state index is 5.72. The molecule has 0 fully saturated rings. The van der Waals surface area contributed by atoms with Gasteiger partial charge in [0, 0.05) is 5.41 Å². The standard InChI is InChI=1S/C8H14N4/c1-8(2,3)6-5(9)7(10)12-4-11-6/h4H,9H2,1-3H3,(H2,10,11,12). The highest BCUT2D eigenvalue weighted by Gasteiger charge is 2.19. The highest BCUT2D eigenvalue weighted by Crippen LogP contribution is 2.27. The van der Waals surface area contributed by atoms with E-state index in [1.165, 1.54) is 6.33 Å². The molecule has 66 valence electrons. The molecule has 1 aromatic heterocycles. The fourth-order valence-electron chi connectivity index (χ4n) is 1.01. The normalized spacial score (nSPS) is 11.6. The summed E-state index contributed by atoms with van der Waals surface area (Å²) in [4.78, 5) is 7.89. The lowest BCUT2D eigenvalue weighted by atomic mass is 9.91. The molecule has 1 aromatic rings. The molecule has 0 unspecified atom stereocenters. The second kappa shape index (κ2) is 2.62. The van der Waals surface area contributed by atoms with Gasteiger partial charge in [-0.2, -0.15) is 0 Å². The van der Waals surface area contributed by atoms with Crippen LogP contribution < -0.4 is 11.5 Å². The van der Waals surface area contributed by atoms with Crippen LogP contribution in [0.4, 0.5) is 11.5 Å². The molecule has 4 N–H and O–H groups in total. The number of hydrogen-bond donors (Lipinski definition) is 2. The fraction of sp³-hybridized carbons (Fsp3) is 0.500. The maximum Gasteiger partial charge on any atom is 0.150 e. The molecule has 0 radical (unpaired) electrons. The molecule has 0 saturated carbocycles.